The standard InChI is InChI=1S/C8H9N5O/c1-6(14)7-4-13(12-11-7)5-8-9-2-3-10-8/h2-4H,5H2,1H3,(H,9,10). The van der Waals surface area contributed by atoms with Gasteiger partial charge in [-0.2, -0.15) is 0 Å². The first-order valence-electron chi connectivity index (χ1n) is 4.15. The Morgan fingerprint density at radius 3 is 3.07 bits per heavy atom. The van der Waals surface area contributed by atoms with E-state index in [9.17, 15) is 4.79 Å². The van der Waals surface area contributed by atoms with E-state index in [1.165, 1.54) is 6.92 Å². The number of carbonyl (C=O) groups is 1. The zero-order chi connectivity index (χ0) is 9.97. The van der Waals surface area contributed by atoms with Crippen LogP contribution in [0.5, 0.6) is 0 Å². The third-order valence-electron chi connectivity index (χ3n) is 1.77. The van der Waals surface area contributed by atoms with Gasteiger partial charge in [-0.25, -0.2) is 9.67 Å². The highest BCUT2D eigenvalue weighted by Gasteiger charge is 2.05. The SMILES string of the molecule is CC(=O)c1cn(Cc2ncc[nH]2)nn1. The first-order chi connectivity index (χ1) is 6.75. The van der Waals surface area contributed by atoms with Crippen molar-refractivity contribution in [1.82, 2.24) is 25.0 Å². The van der Waals surface area contributed by atoms with Crippen LogP contribution in [-0.2, 0) is 6.54 Å². The molecule has 72 valence electrons. The molecule has 2 rings (SSSR count). The molecule has 1 N–H and O–H groups in total. The zero-order valence-electron chi connectivity index (χ0n) is 7.64. The van der Waals surface area contributed by atoms with Crippen molar-refractivity contribution in [2.45, 2.75) is 13.5 Å². The highest BCUT2D eigenvalue weighted by atomic mass is 16.1. The topological polar surface area (TPSA) is 76.5 Å². The summed E-state index contributed by atoms with van der Waals surface area (Å²) in [6.45, 7) is 1.95. The fourth-order valence-electron chi connectivity index (χ4n) is 1.07. The second-order valence-electron chi connectivity index (χ2n) is 2.89. The van der Waals surface area contributed by atoms with E-state index in [0.29, 0.717) is 12.2 Å². The van der Waals surface area contributed by atoms with Crippen LogP contribution in [0.1, 0.15) is 23.2 Å². The number of imidazole rings is 1. The highest BCUT2D eigenvalue weighted by molar-refractivity contribution is 5.91. The summed E-state index contributed by atoms with van der Waals surface area (Å²) in [5, 5.41) is 7.52. The van der Waals surface area contributed by atoms with E-state index in [1.807, 2.05) is 0 Å². The van der Waals surface area contributed by atoms with Crippen molar-refractivity contribution in [3.8, 4) is 0 Å². The van der Waals surface area contributed by atoms with Crippen molar-refractivity contribution in [2.75, 3.05) is 0 Å². The number of aromatic amines is 1. The Kier molecular flexibility index (Phi) is 2.10. The number of H-pyrrole nitrogens is 1. The predicted molar refractivity (Wildman–Crippen MR) is 47.7 cm³/mol. The molecule has 0 unspecified atom stereocenters. The summed E-state index contributed by atoms with van der Waals surface area (Å²) in [7, 11) is 0. The van der Waals surface area contributed by atoms with Gasteiger partial charge in [-0.15, -0.1) is 5.10 Å². The van der Waals surface area contributed by atoms with E-state index in [1.54, 1.807) is 23.3 Å². The van der Waals surface area contributed by atoms with E-state index in [2.05, 4.69) is 20.3 Å². The van der Waals surface area contributed by atoms with Crippen molar-refractivity contribution in [3.63, 3.8) is 0 Å². The third kappa shape index (κ3) is 1.68. The monoisotopic (exact) mass is 191 g/mol. The van der Waals surface area contributed by atoms with Gasteiger partial charge in [0.1, 0.15) is 18.1 Å². The van der Waals surface area contributed by atoms with Gasteiger partial charge in [0.05, 0.1) is 6.20 Å². The van der Waals surface area contributed by atoms with Crippen LogP contribution in [0.3, 0.4) is 0 Å². The van der Waals surface area contributed by atoms with Crippen LogP contribution in [-0.4, -0.2) is 30.7 Å². The van der Waals surface area contributed by atoms with Crippen LogP contribution in [0, 0.1) is 0 Å². The number of Topliss-reactive ketones (excluding diaryl/α,β-unsaturated/α-hetero) is 1. The predicted octanol–water partition coefficient (Wildman–Crippen LogP) is 0.252. The van der Waals surface area contributed by atoms with Crippen molar-refractivity contribution < 1.29 is 4.79 Å². The molecule has 14 heavy (non-hydrogen) atoms. The van der Waals surface area contributed by atoms with E-state index in [4.69, 9.17) is 0 Å². The number of aromatic nitrogens is 5. The number of hydrogen-bond donors (Lipinski definition) is 1. The van der Waals surface area contributed by atoms with Gasteiger partial charge in [0, 0.05) is 19.3 Å². The van der Waals surface area contributed by atoms with Gasteiger partial charge >= 0.3 is 0 Å². The maximum atomic E-state index is 10.9. The molecule has 6 nitrogen and oxygen atoms in total. The summed E-state index contributed by atoms with van der Waals surface area (Å²) in [6.07, 6.45) is 5.00. The minimum absolute atomic E-state index is 0.0873. The van der Waals surface area contributed by atoms with E-state index in [0.717, 1.165) is 5.82 Å². The van der Waals surface area contributed by atoms with E-state index in [-0.39, 0.29) is 5.78 Å². The van der Waals surface area contributed by atoms with Crippen LogP contribution in [0.15, 0.2) is 18.6 Å². The Morgan fingerprint density at radius 1 is 1.64 bits per heavy atom. The molecule has 0 amide bonds. The van der Waals surface area contributed by atoms with Gasteiger partial charge in [-0.1, -0.05) is 5.21 Å². The van der Waals surface area contributed by atoms with Crippen LogP contribution >= 0.6 is 0 Å². The first-order valence-corrected chi connectivity index (χ1v) is 4.15. The molecule has 2 aromatic rings. The molecule has 0 fully saturated rings. The molecule has 0 saturated carbocycles. The molecule has 0 saturated heterocycles. The molecule has 0 aliphatic carbocycles. The second kappa shape index (κ2) is 3.41. The van der Waals surface area contributed by atoms with E-state index < -0.39 is 0 Å². The van der Waals surface area contributed by atoms with Crippen LogP contribution < -0.4 is 0 Å². The van der Waals surface area contributed by atoms with Crippen molar-refractivity contribution in [3.05, 3.63) is 30.1 Å². The molecule has 2 aromatic heterocycles. The van der Waals surface area contributed by atoms with Crippen molar-refractivity contribution >= 4 is 5.78 Å². The molecule has 0 aliphatic heterocycles. The van der Waals surface area contributed by atoms with Crippen LogP contribution in [0.25, 0.3) is 0 Å². The molecule has 0 spiro atoms. The lowest BCUT2D eigenvalue weighted by atomic mass is 10.3. The largest absolute Gasteiger partial charge is 0.347 e. The van der Waals surface area contributed by atoms with Crippen LogP contribution in [0.4, 0.5) is 0 Å². The molecular weight excluding hydrogens is 182 g/mol. The number of rotatable bonds is 3. The normalized spacial score (nSPS) is 10.4. The zero-order valence-corrected chi connectivity index (χ0v) is 7.64. The molecule has 0 aromatic carbocycles. The Morgan fingerprint density at radius 2 is 2.50 bits per heavy atom. The van der Waals surface area contributed by atoms with Gasteiger partial charge < -0.3 is 4.98 Å². The molecule has 0 aliphatic rings. The maximum absolute atomic E-state index is 10.9. The van der Waals surface area contributed by atoms with Crippen LogP contribution in [0.2, 0.25) is 0 Å². The third-order valence-corrected chi connectivity index (χ3v) is 1.77. The van der Waals surface area contributed by atoms with Crippen molar-refractivity contribution in [2.24, 2.45) is 0 Å². The van der Waals surface area contributed by atoms with Gasteiger partial charge in [0.25, 0.3) is 0 Å². The second-order valence-corrected chi connectivity index (χ2v) is 2.89. The molecule has 0 radical (unpaired) electrons. The molecular formula is C8H9N5O. The van der Waals surface area contributed by atoms with Gasteiger partial charge in [-0.05, 0) is 0 Å². The number of carbonyl (C=O) groups excluding carboxylic acids is 1. The lowest BCUT2D eigenvalue weighted by Crippen LogP contribution is -2.01. The molecule has 6 heteroatoms. The van der Waals surface area contributed by atoms with Gasteiger partial charge in [0.15, 0.2) is 5.78 Å². The van der Waals surface area contributed by atoms with Gasteiger partial charge in [-0.3, -0.25) is 4.79 Å². The Hall–Kier alpha value is -1.98. The summed E-state index contributed by atoms with van der Waals surface area (Å²) >= 11 is 0. The summed E-state index contributed by atoms with van der Waals surface area (Å²) in [5.74, 6) is 0.695. The Labute approximate surface area is 80.0 Å². The van der Waals surface area contributed by atoms with Gasteiger partial charge in [0.2, 0.25) is 0 Å². The first kappa shape index (κ1) is 8.61. The fraction of sp³-hybridized carbons (Fsp3) is 0.250. The number of nitrogens with one attached hydrogen (secondary N) is 1. The lowest BCUT2D eigenvalue weighted by molar-refractivity contribution is 0.101. The minimum Gasteiger partial charge on any atom is -0.347 e. The number of ketones is 1. The summed E-state index contributed by atoms with van der Waals surface area (Å²) in [4.78, 5) is 17.9. The minimum atomic E-state index is -0.0873. The molecule has 0 bridgehead atoms. The number of nitrogens with zero attached hydrogens (tertiary/aromatic N) is 4. The average molecular weight is 191 g/mol. The Bertz CT molecular complexity index is 430. The number of hydrogen-bond acceptors (Lipinski definition) is 4. The summed E-state index contributed by atoms with van der Waals surface area (Å²) < 4.78 is 1.57. The Balaban J connectivity index is 2.14. The van der Waals surface area contributed by atoms with E-state index >= 15 is 0 Å². The summed E-state index contributed by atoms with van der Waals surface area (Å²) in [6, 6.07) is 0. The summed E-state index contributed by atoms with van der Waals surface area (Å²) in [5.41, 5.74) is 0.372. The maximum Gasteiger partial charge on any atom is 0.181 e. The molecule has 0 atom stereocenters. The molecule has 2 heterocycles. The highest BCUT2D eigenvalue weighted by Crippen LogP contribution is 1.97. The average Bonchev–Trinajstić information content (AvgIpc) is 2.75. The smallest absolute Gasteiger partial charge is 0.181 e. The fourth-order valence-corrected chi connectivity index (χ4v) is 1.07. The quantitative estimate of drug-likeness (QED) is 0.705. The van der Waals surface area contributed by atoms with Crippen molar-refractivity contribution in [1.29, 1.82) is 0 Å². The lowest BCUT2D eigenvalue weighted by Gasteiger charge is -1.94.